The second-order valence-electron chi connectivity index (χ2n) is 1.93. The van der Waals surface area contributed by atoms with E-state index in [-0.39, 0.29) is 14.3 Å². The zero-order valence-corrected chi connectivity index (χ0v) is 4.91. The van der Waals surface area contributed by atoms with Gasteiger partial charge in [-0.2, -0.15) is 0 Å². The lowest BCUT2D eigenvalue weighted by Crippen LogP contribution is -2.25. The van der Waals surface area contributed by atoms with Crippen LogP contribution in [0.15, 0.2) is 0 Å². The Balaban J connectivity index is 0.000000640. The quantitative estimate of drug-likeness (QED) is 0.558. The predicted octanol–water partition coefficient (Wildman–Crippen LogP) is -0.0195. The predicted molar refractivity (Wildman–Crippen MR) is 28.3 cm³/mol. The van der Waals surface area contributed by atoms with Crippen molar-refractivity contribution in [3.05, 3.63) is 0 Å². The van der Waals surface area contributed by atoms with Gasteiger partial charge in [0.2, 0.25) is 15.0 Å². The van der Waals surface area contributed by atoms with Gasteiger partial charge >= 0.3 is 0 Å². The fourth-order valence-electron chi connectivity index (χ4n) is 0.383. The summed E-state index contributed by atoms with van der Waals surface area (Å²) in [6.07, 6.45) is 0.123. The molecule has 0 heterocycles. The normalized spacial score (nSPS) is 25.2. The van der Waals surface area contributed by atoms with Gasteiger partial charge in [0.15, 0.2) is 0 Å². The van der Waals surface area contributed by atoms with Crippen LogP contribution >= 0.6 is 0 Å². The van der Waals surface area contributed by atoms with Crippen LogP contribution in [0.2, 0.25) is 0 Å². The second kappa shape index (κ2) is 1.22. The highest BCUT2D eigenvalue weighted by Crippen LogP contribution is 2.43. The molecule has 0 radical (unpaired) electrons. The Morgan fingerprint density at radius 3 is 2.00 bits per heavy atom. The van der Waals surface area contributed by atoms with Crippen molar-refractivity contribution in [2.75, 3.05) is 0 Å². The van der Waals surface area contributed by atoms with Gasteiger partial charge in [0, 0.05) is 14.3 Å². The van der Waals surface area contributed by atoms with E-state index in [0.717, 1.165) is 0 Å². The molecule has 8 heavy (non-hydrogen) atoms. The highest BCUT2D eigenvalue weighted by Gasteiger charge is 2.54. The van der Waals surface area contributed by atoms with Crippen molar-refractivity contribution in [2.24, 2.45) is 5.14 Å². The molecule has 1 fully saturated rings. The number of rotatable bonds is 1. The van der Waals surface area contributed by atoms with E-state index in [0.29, 0.717) is 0 Å². The summed E-state index contributed by atoms with van der Waals surface area (Å²) in [5.41, 5.74) is 0. The summed E-state index contributed by atoms with van der Waals surface area (Å²) in [7, 11) is -3.90. The molecule has 0 saturated heterocycles. The minimum atomic E-state index is -3.90. The number of hydrogen-bond acceptors (Lipinski definition) is 2. The van der Waals surface area contributed by atoms with Crippen molar-refractivity contribution < 1.29 is 14.2 Å². The van der Waals surface area contributed by atoms with Crippen LogP contribution in [-0.2, 0) is 10.0 Å². The summed E-state index contributed by atoms with van der Waals surface area (Å²) in [4.78, 5) is 0. The molecule has 1 aliphatic carbocycles. The minimum absolute atomic E-state index is 0. The zero-order valence-electron chi connectivity index (χ0n) is 4.09. The smallest absolute Gasteiger partial charge is 0.226 e. The lowest BCUT2D eigenvalue weighted by Gasteiger charge is -1.96. The van der Waals surface area contributed by atoms with Crippen molar-refractivity contribution in [1.82, 2.24) is 0 Å². The van der Waals surface area contributed by atoms with Gasteiger partial charge in [-0.25, -0.2) is 17.9 Å². The average Bonchev–Trinajstić information content (AvgIpc) is 2.16. The van der Waals surface area contributed by atoms with Gasteiger partial charge < -0.3 is 0 Å². The lowest BCUT2D eigenvalue weighted by molar-refractivity contribution is 0.403. The van der Waals surface area contributed by atoms with Gasteiger partial charge in [-0.05, 0) is 0 Å². The molecule has 0 bridgehead atoms. The molecule has 0 aromatic heterocycles. The Morgan fingerprint density at radius 2 is 2.00 bits per heavy atom. The van der Waals surface area contributed by atoms with Gasteiger partial charge in [-0.3, -0.25) is 0 Å². The van der Waals surface area contributed by atoms with E-state index in [2.05, 4.69) is 5.14 Å². The maximum absolute atomic E-state index is 12.3. The molecule has 50 valence electrons. The van der Waals surface area contributed by atoms with Crippen LogP contribution in [0.5, 0.6) is 0 Å². The molecule has 0 unspecified atom stereocenters. The van der Waals surface area contributed by atoms with Crippen molar-refractivity contribution in [3.8, 4) is 0 Å². The molecule has 5 heteroatoms. The summed E-state index contributed by atoms with van der Waals surface area (Å²) in [5, 5.41) is 2.41. The van der Waals surface area contributed by atoms with Crippen LogP contribution in [0.25, 0.3) is 0 Å². The lowest BCUT2D eigenvalue weighted by atomic mass is 10.9. The summed E-state index contributed by atoms with van der Waals surface area (Å²) in [6, 6.07) is 0. The van der Waals surface area contributed by atoms with Gasteiger partial charge in [-0.1, -0.05) is 0 Å². The first-order chi connectivity index (χ1) is 3.46. The van der Waals surface area contributed by atoms with Gasteiger partial charge in [0.25, 0.3) is 0 Å². The molecule has 0 aromatic rings. The highest BCUT2D eigenvalue weighted by atomic mass is 32.2. The molecule has 1 rings (SSSR count). The van der Waals surface area contributed by atoms with E-state index in [9.17, 15) is 12.8 Å². The Kier molecular flexibility index (Phi) is 0.908. The van der Waals surface area contributed by atoms with Crippen molar-refractivity contribution >= 4 is 10.0 Å². The van der Waals surface area contributed by atoms with Gasteiger partial charge in [0.1, 0.15) is 0 Å². The van der Waals surface area contributed by atoms with Crippen LogP contribution < -0.4 is 5.14 Å². The molecule has 0 atom stereocenters. The largest absolute Gasteiger partial charge is 0.244 e. The maximum Gasteiger partial charge on any atom is 0.244 e. The van der Waals surface area contributed by atoms with Crippen LogP contribution in [0.4, 0.5) is 4.39 Å². The van der Waals surface area contributed by atoms with Crippen LogP contribution in [0.3, 0.4) is 0 Å². The van der Waals surface area contributed by atoms with E-state index in [1.807, 2.05) is 0 Å². The van der Waals surface area contributed by atoms with Crippen LogP contribution in [0, 0.1) is 0 Å². The highest BCUT2D eigenvalue weighted by molar-refractivity contribution is 7.90. The Bertz CT molecular complexity index is 198. The molecule has 0 aliphatic heterocycles. The number of primary sulfonamides is 1. The molecular formula is C3H8FNO2S. The van der Waals surface area contributed by atoms with Gasteiger partial charge in [-0.15, -0.1) is 0 Å². The molecule has 2 N–H and O–H groups in total. The molecule has 1 aliphatic rings. The van der Waals surface area contributed by atoms with Crippen LogP contribution in [0.1, 0.15) is 14.3 Å². The number of nitrogens with two attached hydrogens (primary N) is 1. The minimum Gasteiger partial charge on any atom is -0.226 e. The second-order valence-corrected chi connectivity index (χ2v) is 3.75. The van der Waals surface area contributed by atoms with Crippen molar-refractivity contribution in [3.63, 3.8) is 0 Å². The average molecular weight is 141 g/mol. The molecule has 0 amide bonds. The Labute approximate surface area is 48.2 Å². The summed E-state index contributed by atoms with van der Waals surface area (Å²) >= 11 is 0. The van der Waals surface area contributed by atoms with Crippen LogP contribution in [-0.4, -0.2) is 13.4 Å². The molecule has 3 nitrogen and oxygen atoms in total. The Hall–Kier alpha value is -0.160. The standard InChI is InChI=1S/C3H6FNO2S.H2/c4-3(1-2-3)8(5,6)7;/h1-2H2,(H2,5,6,7);1H. The van der Waals surface area contributed by atoms with Crippen molar-refractivity contribution in [2.45, 2.75) is 17.8 Å². The topological polar surface area (TPSA) is 60.2 Å². The first kappa shape index (κ1) is 5.97. The van der Waals surface area contributed by atoms with Crippen molar-refractivity contribution in [1.29, 1.82) is 0 Å². The van der Waals surface area contributed by atoms with E-state index >= 15 is 0 Å². The monoisotopic (exact) mass is 141 g/mol. The van der Waals surface area contributed by atoms with E-state index < -0.39 is 15.0 Å². The third-order valence-corrected chi connectivity index (χ3v) is 2.58. The number of alkyl halides is 1. The molecule has 0 aromatic carbocycles. The first-order valence-electron chi connectivity index (χ1n) is 2.17. The third-order valence-electron chi connectivity index (χ3n) is 1.15. The fraction of sp³-hybridized carbons (Fsp3) is 1.00. The fourth-order valence-corrected chi connectivity index (χ4v) is 1.05. The summed E-state index contributed by atoms with van der Waals surface area (Å²) in [6.45, 7) is 0. The maximum atomic E-state index is 12.3. The van der Waals surface area contributed by atoms with Gasteiger partial charge in [0.05, 0.1) is 0 Å². The van der Waals surface area contributed by atoms with E-state index in [4.69, 9.17) is 0 Å². The molecule has 1 saturated carbocycles. The zero-order chi connectivity index (χ0) is 6.41. The first-order valence-corrected chi connectivity index (χ1v) is 3.72. The SMILES string of the molecule is NS(=O)(=O)C1(F)CC1.[HH]. The summed E-state index contributed by atoms with van der Waals surface area (Å²) < 4.78 is 32.5. The van der Waals surface area contributed by atoms with E-state index in [1.54, 1.807) is 0 Å². The van der Waals surface area contributed by atoms with E-state index in [1.165, 1.54) is 0 Å². The number of sulfonamides is 1. The summed E-state index contributed by atoms with van der Waals surface area (Å²) in [5.74, 6) is 0. The molecule has 0 spiro atoms. The Morgan fingerprint density at radius 1 is 1.62 bits per heavy atom. The number of hydrogen-bond donors (Lipinski definition) is 1. The third kappa shape index (κ3) is 0.714. The number of halogens is 1. The molecular weight excluding hydrogens is 133 g/mol.